The molecule has 7 heteroatoms. The number of ether oxygens (including phenoxy) is 1. The monoisotopic (exact) mass is 498 g/mol. The van der Waals surface area contributed by atoms with Crippen molar-refractivity contribution in [3.63, 3.8) is 0 Å². The highest BCUT2D eigenvalue weighted by atomic mass is 79.9. The maximum absolute atomic E-state index is 13.8. The van der Waals surface area contributed by atoms with Gasteiger partial charge in [-0.15, -0.1) is 0 Å². The minimum Gasteiger partial charge on any atom is -0.463 e. The first-order valence-electron chi connectivity index (χ1n) is 10.2. The van der Waals surface area contributed by atoms with Crippen molar-refractivity contribution in [1.82, 2.24) is 4.57 Å². The van der Waals surface area contributed by atoms with Gasteiger partial charge < -0.3 is 14.2 Å². The topological polar surface area (TPSA) is 51.5 Å². The number of benzene rings is 2. The molecular weight excluding hydrogens is 480 g/mol. The van der Waals surface area contributed by atoms with E-state index in [4.69, 9.17) is 16.3 Å². The maximum atomic E-state index is 13.8. The number of halogens is 2. The Balaban J connectivity index is 1.88. The molecule has 0 amide bonds. The van der Waals surface area contributed by atoms with Crippen molar-refractivity contribution < 1.29 is 9.53 Å². The minimum atomic E-state index is -0.504. The van der Waals surface area contributed by atoms with Crippen LogP contribution in [0.4, 0.5) is 5.82 Å². The van der Waals surface area contributed by atoms with Crippen LogP contribution in [0.3, 0.4) is 0 Å². The summed E-state index contributed by atoms with van der Waals surface area (Å²) in [7, 11) is 0. The number of rotatable bonds is 3. The van der Waals surface area contributed by atoms with Gasteiger partial charge in [-0.05, 0) is 49.7 Å². The molecule has 0 fully saturated rings. The zero-order valence-electron chi connectivity index (χ0n) is 17.1. The fraction of sp³-hybridized carbons (Fsp3) is 0.250. The van der Waals surface area contributed by atoms with Crippen LogP contribution in [0.2, 0.25) is 5.02 Å². The quantitative estimate of drug-likeness (QED) is 0.464. The molecule has 3 aromatic rings. The highest BCUT2D eigenvalue weighted by Crippen LogP contribution is 2.46. The molecule has 0 spiro atoms. The second-order valence-corrected chi connectivity index (χ2v) is 9.09. The summed E-state index contributed by atoms with van der Waals surface area (Å²) < 4.78 is 8.52. The summed E-state index contributed by atoms with van der Waals surface area (Å²) in [5, 5.41) is 1.20. The van der Waals surface area contributed by atoms with E-state index in [1.54, 1.807) is 19.1 Å². The van der Waals surface area contributed by atoms with Crippen LogP contribution < -0.4 is 10.3 Å². The minimum absolute atomic E-state index is 0.0768. The third-order valence-electron chi connectivity index (χ3n) is 6.11. The van der Waals surface area contributed by atoms with Crippen LogP contribution in [0, 0.1) is 0 Å². The lowest BCUT2D eigenvalue weighted by Gasteiger charge is -2.34. The third-order valence-corrected chi connectivity index (χ3v) is 6.87. The number of aromatic nitrogens is 1. The number of fused-ring (bicyclic) bond motifs is 2. The first-order valence-corrected chi connectivity index (χ1v) is 11.4. The number of allylic oxidation sites excluding steroid dienone is 1. The number of carbonyl (C=O) groups is 1. The summed E-state index contributed by atoms with van der Waals surface area (Å²) in [5.74, 6) is -0.0406. The standard InChI is InChI=1S/C24H20BrClN2O3/c1-3-31-24(30)19-13(2)27-10-11-28-18-12-16(26)8-9-17(18)22(29)21(23(27)28)20(19)14-4-6-15(25)7-5-14/h4-9,12,20H,3,10-11H2,1-2H3. The van der Waals surface area contributed by atoms with Crippen molar-refractivity contribution in [2.24, 2.45) is 0 Å². The van der Waals surface area contributed by atoms with Gasteiger partial charge in [0, 0.05) is 33.7 Å². The van der Waals surface area contributed by atoms with Gasteiger partial charge in [-0.3, -0.25) is 4.79 Å². The molecule has 31 heavy (non-hydrogen) atoms. The third kappa shape index (κ3) is 3.04. The summed E-state index contributed by atoms with van der Waals surface area (Å²) in [6.07, 6.45) is 0. The summed E-state index contributed by atoms with van der Waals surface area (Å²) in [6.45, 7) is 5.39. The van der Waals surface area contributed by atoms with Crippen molar-refractivity contribution in [3.05, 3.63) is 84.6 Å². The van der Waals surface area contributed by atoms with Gasteiger partial charge in [0.2, 0.25) is 0 Å². The molecule has 2 aromatic carbocycles. The van der Waals surface area contributed by atoms with E-state index >= 15 is 0 Å². The van der Waals surface area contributed by atoms with Crippen LogP contribution in [0.1, 0.15) is 30.9 Å². The second kappa shape index (κ2) is 7.53. The zero-order chi connectivity index (χ0) is 21.9. The van der Waals surface area contributed by atoms with E-state index in [1.807, 2.05) is 37.3 Å². The normalized spacial score (nSPS) is 17.3. The first-order chi connectivity index (χ1) is 14.9. The molecule has 0 N–H and O–H groups in total. The zero-order valence-corrected chi connectivity index (χ0v) is 19.5. The number of anilines is 1. The Hall–Kier alpha value is -2.57. The number of hydrogen-bond donors (Lipinski definition) is 0. The van der Waals surface area contributed by atoms with E-state index in [1.165, 1.54) is 0 Å². The van der Waals surface area contributed by atoms with Crippen LogP contribution in [-0.4, -0.2) is 23.7 Å². The Morgan fingerprint density at radius 2 is 1.94 bits per heavy atom. The van der Waals surface area contributed by atoms with E-state index in [-0.39, 0.29) is 18.0 Å². The number of nitrogens with zero attached hydrogens (tertiary/aromatic N) is 2. The summed E-state index contributed by atoms with van der Waals surface area (Å²) in [5.41, 5.74) is 3.59. The fourth-order valence-corrected chi connectivity index (χ4v) is 5.23. The Bertz CT molecular complexity index is 1330. The van der Waals surface area contributed by atoms with E-state index in [2.05, 4.69) is 25.4 Å². The van der Waals surface area contributed by atoms with Gasteiger partial charge in [-0.25, -0.2) is 4.79 Å². The van der Waals surface area contributed by atoms with Gasteiger partial charge in [0.05, 0.1) is 29.2 Å². The van der Waals surface area contributed by atoms with E-state index < -0.39 is 5.92 Å². The average molecular weight is 500 g/mol. The predicted molar refractivity (Wildman–Crippen MR) is 126 cm³/mol. The highest BCUT2D eigenvalue weighted by molar-refractivity contribution is 9.10. The van der Waals surface area contributed by atoms with Crippen molar-refractivity contribution in [2.75, 3.05) is 18.1 Å². The molecule has 0 radical (unpaired) electrons. The second-order valence-electron chi connectivity index (χ2n) is 7.74. The summed E-state index contributed by atoms with van der Waals surface area (Å²) >= 11 is 9.74. The molecule has 0 saturated heterocycles. The first kappa shape index (κ1) is 20.3. The van der Waals surface area contributed by atoms with Gasteiger partial charge in [0.15, 0.2) is 5.43 Å². The molecule has 3 heterocycles. The Kier molecular flexibility index (Phi) is 4.94. The molecule has 1 aromatic heterocycles. The van der Waals surface area contributed by atoms with Crippen LogP contribution >= 0.6 is 27.5 Å². The molecule has 158 valence electrons. The molecule has 5 nitrogen and oxygen atoms in total. The summed E-state index contributed by atoms with van der Waals surface area (Å²) in [6, 6.07) is 13.1. The predicted octanol–water partition coefficient (Wildman–Crippen LogP) is 5.22. The molecule has 0 bridgehead atoms. The SMILES string of the molecule is CCOC(=O)C1=C(C)N2CCn3c2c(c(=O)c2ccc(Cl)cc23)C1c1ccc(Br)cc1. The van der Waals surface area contributed by atoms with E-state index in [9.17, 15) is 9.59 Å². The molecule has 0 saturated carbocycles. The highest BCUT2D eigenvalue weighted by Gasteiger charge is 2.42. The lowest BCUT2D eigenvalue weighted by Crippen LogP contribution is -2.35. The van der Waals surface area contributed by atoms with Crippen molar-refractivity contribution in [2.45, 2.75) is 26.3 Å². The number of pyridine rings is 1. The van der Waals surface area contributed by atoms with E-state index in [0.29, 0.717) is 34.6 Å². The lowest BCUT2D eigenvalue weighted by molar-refractivity contribution is -0.138. The van der Waals surface area contributed by atoms with Gasteiger partial charge >= 0.3 is 5.97 Å². The molecule has 1 unspecified atom stereocenters. The Morgan fingerprint density at radius 3 is 2.65 bits per heavy atom. The number of carbonyl (C=O) groups excluding carboxylic acids is 1. The van der Waals surface area contributed by atoms with Gasteiger partial charge in [0.25, 0.3) is 0 Å². The van der Waals surface area contributed by atoms with E-state index in [0.717, 1.165) is 27.1 Å². The van der Waals surface area contributed by atoms with Crippen LogP contribution in [0.5, 0.6) is 0 Å². The molecule has 2 aliphatic rings. The fourth-order valence-electron chi connectivity index (χ4n) is 4.80. The molecule has 5 rings (SSSR count). The van der Waals surface area contributed by atoms with Gasteiger partial charge in [-0.2, -0.15) is 0 Å². The molecule has 1 atom stereocenters. The average Bonchev–Trinajstić information content (AvgIpc) is 3.19. The van der Waals surface area contributed by atoms with Crippen LogP contribution in [0.25, 0.3) is 10.9 Å². The molecule has 2 aliphatic heterocycles. The maximum Gasteiger partial charge on any atom is 0.336 e. The lowest BCUT2D eigenvalue weighted by atomic mass is 9.80. The van der Waals surface area contributed by atoms with Crippen LogP contribution in [-0.2, 0) is 16.1 Å². The number of esters is 1. The smallest absolute Gasteiger partial charge is 0.336 e. The molecular formula is C24H20BrClN2O3. The van der Waals surface area contributed by atoms with Gasteiger partial charge in [-0.1, -0.05) is 39.7 Å². The largest absolute Gasteiger partial charge is 0.463 e. The number of hydrogen-bond acceptors (Lipinski definition) is 4. The summed E-state index contributed by atoms with van der Waals surface area (Å²) in [4.78, 5) is 29.0. The van der Waals surface area contributed by atoms with Crippen molar-refractivity contribution in [1.29, 1.82) is 0 Å². The van der Waals surface area contributed by atoms with Crippen molar-refractivity contribution in [3.8, 4) is 0 Å². The Morgan fingerprint density at radius 1 is 1.19 bits per heavy atom. The van der Waals surface area contributed by atoms with Gasteiger partial charge in [0.1, 0.15) is 5.82 Å². The van der Waals surface area contributed by atoms with Crippen LogP contribution in [0.15, 0.2) is 63.0 Å². The van der Waals surface area contributed by atoms with Crippen molar-refractivity contribution >= 4 is 50.2 Å². The molecule has 0 aliphatic carbocycles. The Labute approximate surface area is 193 Å².